The predicted molar refractivity (Wildman–Crippen MR) is 96.1 cm³/mol. The van der Waals surface area contributed by atoms with Crippen molar-refractivity contribution in [1.82, 2.24) is 9.88 Å². The Hall–Kier alpha value is -2.77. The van der Waals surface area contributed by atoms with Crippen molar-refractivity contribution in [1.29, 1.82) is 0 Å². The molecule has 0 atom stereocenters. The molecule has 0 N–H and O–H groups in total. The highest BCUT2D eigenvalue weighted by Gasteiger charge is 2.09. The number of nitrogens with zero attached hydrogens (tertiary/aromatic N) is 2. The Balaban J connectivity index is 2.08. The van der Waals surface area contributed by atoms with Crippen molar-refractivity contribution in [3.63, 3.8) is 0 Å². The van der Waals surface area contributed by atoms with E-state index in [-0.39, 0.29) is 0 Å². The summed E-state index contributed by atoms with van der Waals surface area (Å²) in [6.45, 7) is 5.91. The van der Waals surface area contributed by atoms with Crippen molar-refractivity contribution in [2.45, 2.75) is 6.54 Å². The van der Waals surface area contributed by atoms with E-state index < -0.39 is 0 Å². The summed E-state index contributed by atoms with van der Waals surface area (Å²) in [5.41, 5.74) is 1.86. The number of hydrogen-bond acceptors (Lipinski definition) is 4. The van der Waals surface area contributed by atoms with Crippen molar-refractivity contribution in [2.24, 2.45) is 0 Å². The highest BCUT2D eigenvalue weighted by Crippen LogP contribution is 2.25. The number of hydrogen-bond donors (Lipinski definition) is 0. The Morgan fingerprint density at radius 3 is 2.75 bits per heavy atom. The zero-order valence-corrected chi connectivity index (χ0v) is 14.2. The van der Waals surface area contributed by atoms with Crippen LogP contribution in [-0.4, -0.2) is 37.2 Å². The van der Waals surface area contributed by atoms with Crippen LogP contribution >= 0.6 is 0 Å². The molecule has 0 radical (unpaired) electrons. The molecule has 0 aliphatic heterocycles. The lowest BCUT2D eigenvalue weighted by molar-refractivity contribution is 0.320. The van der Waals surface area contributed by atoms with Gasteiger partial charge in [-0.3, -0.25) is 4.90 Å². The normalized spacial score (nSPS) is 9.96. The van der Waals surface area contributed by atoms with E-state index in [1.807, 2.05) is 42.5 Å². The van der Waals surface area contributed by atoms with Gasteiger partial charge in [0, 0.05) is 30.9 Å². The van der Waals surface area contributed by atoms with Crippen LogP contribution < -0.4 is 9.47 Å². The van der Waals surface area contributed by atoms with Crippen LogP contribution in [0.5, 0.6) is 11.5 Å². The molecule has 0 bridgehead atoms. The summed E-state index contributed by atoms with van der Waals surface area (Å²) >= 11 is 0. The molecule has 2 rings (SSSR count). The number of methoxy groups -OCH3 is 2. The van der Waals surface area contributed by atoms with Gasteiger partial charge in [0.1, 0.15) is 17.2 Å². The molecule has 4 heteroatoms. The zero-order chi connectivity index (χ0) is 17.2. The molecule has 24 heavy (non-hydrogen) atoms. The predicted octanol–water partition coefficient (Wildman–Crippen LogP) is 3.14. The summed E-state index contributed by atoms with van der Waals surface area (Å²) in [6.07, 6.45) is 3.62. The Bertz CT molecular complexity index is 717. The summed E-state index contributed by atoms with van der Waals surface area (Å²) in [5, 5.41) is 0. The smallest absolute Gasteiger partial charge is 0.127 e. The lowest BCUT2D eigenvalue weighted by atomic mass is 10.1. The Morgan fingerprint density at radius 1 is 1.21 bits per heavy atom. The third-order valence-corrected chi connectivity index (χ3v) is 3.46. The quantitative estimate of drug-likeness (QED) is 0.579. The number of benzene rings is 1. The van der Waals surface area contributed by atoms with Gasteiger partial charge in [-0.25, -0.2) is 4.98 Å². The van der Waals surface area contributed by atoms with E-state index in [9.17, 15) is 0 Å². The van der Waals surface area contributed by atoms with Gasteiger partial charge in [0.05, 0.1) is 20.8 Å². The van der Waals surface area contributed by atoms with Crippen molar-refractivity contribution in [3.8, 4) is 23.3 Å². The van der Waals surface area contributed by atoms with Crippen LogP contribution in [0.1, 0.15) is 11.3 Å². The molecule has 4 nitrogen and oxygen atoms in total. The Kier molecular flexibility index (Phi) is 6.88. The van der Waals surface area contributed by atoms with Gasteiger partial charge in [-0.15, -0.1) is 6.58 Å². The van der Waals surface area contributed by atoms with E-state index in [0.29, 0.717) is 6.54 Å². The summed E-state index contributed by atoms with van der Waals surface area (Å²) < 4.78 is 10.7. The van der Waals surface area contributed by atoms with E-state index in [1.54, 1.807) is 20.4 Å². The molecule has 1 aromatic heterocycles. The molecule has 0 amide bonds. The summed E-state index contributed by atoms with van der Waals surface area (Å²) in [7, 11) is 3.31. The highest BCUT2D eigenvalue weighted by molar-refractivity contribution is 5.40. The van der Waals surface area contributed by atoms with Gasteiger partial charge in [-0.1, -0.05) is 24.1 Å². The maximum Gasteiger partial charge on any atom is 0.127 e. The molecule has 0 aliphatic carbocycles. The molecule has 0 saturated heterocycles. The first-order valence-corrected chi connectivity index (χ1v) is 7.71. The van der Waals surface area contributed by atoms with Crippen LogP contribution in [0.3, 0.4) is 0 Å². The number of rotatable bonds is 7. The van der Waals surface area contributed by atoms with Crippen LogP contribution in [0.15, 0.2) is 55.3 Å². The first-order chi connectivity index (χ1) is 11.8. The van der Waals surface area contributed by atoms with E-state index in [0.717, 1.165) is 35.8 Å². The van der Waals surface area contributed by atoms with Gasteiger partial charge in [-0.05, 0) is 24.1 Å². The number of pyridine rings is 1. The largest absolute Gasteiger partial charge is 0.497 e. The van der Waals surface area contributed by atoms with Crippen molar-refractivity contribution in [2.75, 3.05) is 27.3 Å². The van der Waals surface area contributed by atoms with Gasteiger partial charge >= 0.3 is 0 Å². The first-order valence-electron chi connectivity index (χ1n) is 7.71. The molecule has 1 aromatic carbocycles. The first kappa shape index (κ1) is 17.6. The minimum absolute atomic E-state index is 0.623. The van der Waals surface area contributed by atoms with Crippen molar-refractivity contribution >= 4 is 0 Å². The van der Waals surface area contributed by atoms with Crippen molar-refractivity contribution < 1.29 is 9.47 Å². The molecule has 0 unspecified atom stereocenters. The van der Waals surface area contributed by atoms with Crippen LogP contribution in [-0.2, 0) is 6.54 Å². The SMILES string of the molecule is C=CCN(CC#Cc1ccccn1)Cc1ccc(OC)cc1OC. The molecule has 2 aromatic rings. The zero-order valence-electron chi connectivity index (χ0n) is 14.2. The van der Waals surface area contributed by atoms with E-state index >= 15 is 0 Å². The van der Waals surface area contributed by atoms with Crippen molar-refractivity contribution in [3.05, 3.63) is 66.5 Å². The topological polar surface area (TPSA) is 34.6 Å². The monoisotopic (exact) mass is 322 g/mol. The fraction of sp³-hybridized carbons (Fsp3) is 0.250. The molecular formula is C20H22N2O2. The second kappa shape index (κ2) is 9.39. The fourth-order valence-electron chi connectivity index (χ4n) is 2.27. The van der Waals surface area contributed by atoms with Gasteiger partial charge in [0.25, 0.3) is 0 Å². The fourth-order valence-corrected chi connectivity index (χ4v) is 2.27. The molecule has 1 heterocycles. The van der Waals surface area contributed by atoms with Gasteiger partial charge in [0.2, 0.25) is 0 Å². The van der Waals surface area contributed by atoms with E-state index in [4.69, 9.17) is 9.47 Å². The minimum atomic E-state index is 0.623. The molecule has 0 aliphatic rings. The lowest BCUT2D eigenvalue weighted by Crippen LogP contribution is -2.24. The highest BCUT2D eigenvalue weighted by atomic mass is 16.5. The molecule has 124 valence electrons. The molecule has 0 fully saturated rings. The lowest BCUT2D eigenvalue weighted by Gasteiger charge is -2.19. The van der Waals surface area contributed by atoms with E-state index in [2.05, 4.69) is 28.3 Å². The summed E-state index contributed by atoms with van der Waals surface area (Å²) in [6, 6.07) is 11.5. The summed E-state index contributed by atoms with van der Waals surface area (Å²) in [5.74, 6) is 7.83. The molecule has 0 spiro atoms. The third kappa shape index (κ3) is 5.15. The van der Waals surface area contributed by atoms with Crippen LogP contribution in [0.4, 0.5) is 0 Å². The molecular weight excluding hydrogens is 300 g/mol. The van der Waals surface area contributed by atoms with Gasteiger partial charge in [0.15, 0.2) is 0 Å². The Morgan fingerprint density at radius 2 is 2.08 bits per heavy atom. The second-order valence-corrected chi connectivity index (χ2v) is 5.15. The second-order valence-electron chi connectivity index (χ2n) is 5.15. The van der Waals surface area contributed by atoms with Crippen LogP contribution in [0, 0.1) is 11.8 Å². The molecule has 0 saturated carbocycles. The van der Waals surface area contributed by atoms with Crippen LogP contribution in [0.25, 0.3) is 0 Å². The Labute approximate surface area is 143 Å². The van der Waals surface area contributed by atoms with Crippen LogP contribution in [0.2, 0.25) is 0 Å². The average Bonchev–Trinajstić information content (AvgIpc) is 2.63. The number of ether oxygens (including phenoxy) is 2. The third-order valence-electron chi connectivity index (χ3n) is 3.46. The summed E-state index contributed by atoms with van der Waals surface area (Å²) in [4.78, 5) is 6.39. The number of aromatic nitrogens is 1. The van der Waals surface area contributed by atoms with E-state index in [1.165, 1.54) is 0 Å². The minimum Gasteiger partial charge on any atom is -0.497 e. The average molecular weight is 322 g/mol. The van der Waals surface area contributed by atoms with Gasteiger partial charge in [-0.2, -0.15) is 0 Å². The maximum absolute atomic E-state index is 5.46. The maximum atomic E-state index is 5.46. The standard InChI is InChI=1S/C20H22N2O2/c1-4-13-22(14-7-9-18-8-5-6-12-21-18)16-17-10-11-19(23-2)15-20(17)24-3/h4-6,8,10-12,15H,1,13-14,16H2,2-3H3. The van der Waals surface area contributed by atoms with Gasteiger partial charge < -0.3 is 9.47 Å².